The second-order valence-corrected chi connectivity index (χ2v) is 10.7. The van der Waals surface area contributed by atoms with Crippen LogP contribution in [-0.2, 0) is 10.2 Å². The zero-order chi connectivity index (χ0) is 26.2. The number of nitrogens with two attached hydrogens (primary N) is 1. The monoisotopic (exact) mass is 518 g/mol. The summed E-state index contributed by atoms with van der Waals surface area (Å²) < 4.78 is 41.6. The lowest BCUT2D eigenvalue weighted by Gasteiger charge is -2.26. The number of carbonyl (C=O) groups excluding carboxylic acids is 1. The molecule has 37 heavy (non-hydrogen) atoms. The SMILES string of the molecule is Nc1ncc(-c2ccc([C@@]34C[C@@H]3CN(CCOCC(F)(F)F)C4)cc2)cc1C(=O)NC1CCC(O)CC1. The minimum Gasteiger partial charge on any atom is -0.393 e. The molecule has 2 aromatic rings. The third kappa shape index (κ3) is 5.91. The van der Waals surface area contributed by atoms with Crippen LogP contribution in [-0.4, -0.2) is 72.1 Å². The molecule has 0 radical (unpaired) electrons. The summed E-state index contributed by atoms with van der Waals surface area (Å²) in [6, 6.07) is 10.0. The Balaban J connectivity index is 1.20. The number of amides is 1. The molecule has 1 aromatic heterocycles. The molecule has 10 heteroatoms. The molecule has 2 atom stereocenters. The number of rotatable bonds is 8. The Labute approximate surface area is 214 Å². The van der Waals surface area contributed by atoms with Crippen molar-refractivity contribution in [3.8, 4) is 11.1 Å². The van der Waals surface area contributed by atoms with Crippen molar-refractivity contribution < 1.29 is 27.8 Å². The molecule has 4 N–H and O–H groups in total. The first-order valence-electron chi connectivity index (χ1n) is 12.9. The molecule has 5 rings (SSSR count). The molecule has 0 unspecified atom stereocenters. The van der Waals surface area contributed by atoms with Crippen molar-refractivity contribution in [1.29, 1.82) is 0 Å². The van der Waals surface area contributed by atoms with Gasteiger partial charge in [0.1, 0.15) is 12.4 Å². The number of aliphatic hydroxyl groups excluding tert-OH is 1. The van der Waals surface area contributed by atoms with Crippen LogP contribution in [0.5, 0.6) is 0 Å². The number of hydrogen-bond donors (Lipinski definition) is 3. The molecule has 3 fully saturated rings. The molecule has 7 nitrogen and oxygen atoms in total. The molecule has 2 saturated carbocycles. The van der Waals surface area contributed by atoms with Crippen molar-refractivity contribution >= 4 is 11.7 Å². The highest BCUT2D eigenvalue weighted by Gasteiger charge is 2.60. The topological polar surface area (TPSA) is 101 Å². The minimum absolute atomic E-state index is 0.0196. The maximum absolute atomic E-state index is 12.9. The van der Waals surface area contributed by atoms with Gasteiger partial charge >= 0.3 is 6.18 Å². The normalized spacial score (nSPS) is 27.6. The number of nitrogen functional groups attached to an aromatic ring is 1. The van der Waals surface area contributed by atoms with Gasteiger partial charge in [-0.25, -0.2) is 4.98 Å². The van der Waals surface area contributed by atoms with Gasteiger partial charge in [-0.3, -0.25) is 9.69 Å². The highest BCUT2D eigenvalue weighted by molar-refractivity contribution is 5.99. The number of benzene rings is 1. The highest BCUT2D eigenvalue weighted by Crippen LogP contribution is 2.59. The number of hydrogen-bond acceptors (Lipinski definition) is 6. The Kier molecular flexibility index (Phi) is 7.17. The van der Waals surface area contributed by atoms with Crippen molar-refractivity contribution in [2.75, 3.05) is 38.6 Å². The van der Waals surface area contributed by atoms with Gasteiger partial charge in [0, 0.05) is 42.9 Å². The van der Waals surface area contributed by atoms with E-state index in [0.29, 0.717) is 30.9 Å². The first-order chi connectivity index (χ1) is 17.6. The van der Waals surface area contributed by atoms with Crippen LogP contribution in [0.1, 0.15) is 48.0 Å². The predicted octanol–water partition coefficient (Wildman–Crippen LogP) is 3.52. The van der Waals surface area contributed by atoms with Gasteiger partial charge < -0.3 is 20.9 Å². The number of piperidine rings is 1. The quantitative estimate of drug-likeness (QED) is 0.463. The number of alkyl halides is 3. The number of carbonyl (C=O) groups is 1. The van der Waals surface area contributed by atoms with E-state index in [-0.39, 0.29) is 35.9 Å². The van der Waals surface area contributed by atoms with Crippen LogP contribution >= 0.6 is 0 Å². The lowest BCUT2D eigenvalue weighted by molar-refractivity contribution is -0.174. The summed E-state index contributed by atoms with van der Waals surface area (Å²) in [7, 11) is 0. The van der Waals surface area contributed by atoms with Gasteiger partial charge in [-0.15, -0.1) is 0 Å². The second kappa shape index (κ2) is 10.2. The Hall–Kier alpha value is -2.69. The maximum atomic E-state index is 12.9. The van der Waals surface area contributed by atoms with E-state index in [9.17, 15) is 23.1 Å². The van der Waals surface area contributed by atoms with Crippen molar-refractivity contribution in [3.63, 3.8) is 0 Å². The minimum atomic E-state index is -4.29. The summed E-state index contributed by atoms with van der Waals surface area (Å²) in [5, 5.41) is 12.7. The molecule has 1 aliphatic heterocycles. The number of nitrogens with one attached hydrogen (secondary N) is 1. The zero-order valence-corrected chi connectivity index (χ0v) is 20.6. The van der Waals surface area contributed by atoms with Gasteiger partial charge in [0.2, 0.25) is 0 Å². The Bertz CT molecular complexity index is 1120. The number of aliphatic hydroxyl groups is 1. The summed E-state index contributed by atoms with van der Waals surface area (Å²) >= 11 is 0. The van der Waals surface area contributed by atoms with Gasteiger partial charge in [-0.2, -0.15) is 13.2 Å². The summed E-state index contributed by atoms with van der Waals surface area (Å²) in [4.78, 5) is 19.3. The van der Waals surface area contributed by atoms with E-state index >= 15 is 0 Å². The van der Waals surface area contributed by atoms with Gasteiger partial charge in [0.05, 0.1) is 18.3 Å². The van der Waals surface area contributed by atoms with Crippen LogP contribution in [0, 0.1) is 5.92 Å². The first kappa shape index (κ1) is 25.9. The van der Waals surface area contributed by atoms with E-state index in [0.717, 1.165) is 43.5 Å². The molecule has 200 valence electrons. The number of nitrogens with zero attached hydrogens (tertiary/aromatic N) is 2. The fourth-order valence-electron chi connectivity index (χ4n) is 5.88. The molecular weight excluding hydrogens is 485 g/mol. The van der Waals surface area contributed by atoms with E-state index in [1.807, 2.05) is 12.1 Å². The van der Waals surface area contributed by atoms with Crippen molar-refractivity contribution in [3.05, 3.63) is 47.7 Å². The third-order valence-electron chi connectivity index (χ3n) is 8.02. The number of ether oxygens (including phenoxy) is 1. The average Bonchev–Trinajstić information content (AvgIpc) is 3.44. The third-order valence-corrected chi connectivity index (χ3v) is 8.02. The maximum Gasteiger partial charge on any atom is 0.411 e. The molecule has 0 spiro atoms. The Morgan fingerprint density at radius 2 is 1.92 bits per heavy atom. The number of fused-ring (bicyclic) bond motifs is 1. The van der Waals surface area contributed by atoms with Gasteiger partial charge in [0.25, 0.3) is 5.91 Å². The van der Waals surface area contributed by atoms with Crippen molar-refractivity contribution in [2.24, 2.45) is 5.92 Å². The van der Waals surface area contributed by atoms with Crippen LogP contribution in [0.15, 0.2) is 36.5 Å². The predicted molar refractivity (Wildman–Crippen MR) is 133 cm³/mol. The number of aromatic nitrogens is 1. The number of halogens is 3. The zero-order valence-electron chi connectivity index (χ0n) is 20.6. The van der Waals surface area contributed by atoms with Gasteiger partial charge in [0.15, 0.2) is 0 Å². The number of anilines is 1. The summed E-state index contributed by atoms with van der Waals surface area (Å²) in [6.45, 7) is 1.06. The standard InChI is InChI=1S/C27H33F3N4O3/c28-27(29,30)16-37-10-9-34-14-20-12-26(20,15-34)19-3-1-17(2-4-19)18-11-23(24(31)32-13-18)25(36)33-21-5-7-22(35)8-6-21/h1-4,11,13,20-22,35H,5-10,12,14-16H2,(H2,31,32)(H,33,36)/t20-,21?,22?,26+/m1/s1. The molecule has 0 bridgehead atoms. The smallest absolute Gasteiger partial charge is 0.393 e. The second-order valence-electron chi connectivity index (χ2n) is 10.7. The Morgan fingerprint density at radius 1 is 1.19 bits per heavy atom. The van der Waals surface area contributed by atoms with Gasteiger partial charge in [-0.1, -0.05) is 24.3 Å². The molecule has 3 aliphatic rings. The molecular formula is C27H33F3N4O3. The van der Waals surface area contributed by atoms with Crippen molar-refractivity contribution in [1.82, 2.24) is 15.2 Å². The molecule has 1 aromatic carbocycles. The van der Waals surface area contributed by atoms with Crippen LogP contribution < -0.4 is 11.1 Å². The van der Waals surface area contributed by atoms with Crippen molar-refractivity contribution in [2.45, 2.75) is 55.8 Å². The first-order valence-corrected chi connectivity index (χ1v) is 12.9. The average molecular weight is 519 g/mol. The summed E-state index contributed by atoms with van der Waals surface area (Å²) in [5.74, 6) is 0.434. The molecule has 1 saturated heterocycles. The van der Waals surface area contributed by atoms with Crippen LogP contribution in [0.4, 0.5) is 19.0 Å². The summed E-state index contributed by atoms with van der Waals surface area (Å²) in [6.07, 6.45) is 0.993. The highest BCUT2D eigenvalue weighted by atomic mass is 19.4. The van der Waals surface area contributed by atoms with E-state index in [2.05, 4.69) is 27.3 Å². The number of pyridine rings is 1. The molecule has 2 aliphatic carbocycles. The molecule has 1 amide bonds. The van der Waals surface area contributed by atoms with Crippen LogP contribution in [0.25, 0.3) is 11.1 Å². The van der Waals surface area contributed by atoms with E-state index < -0.39 is 12.8 Å². The van der Waals surface area contributed by atoms with E-state index in [1.54, 1.807) is 12.3 Å². The fourth-order valence-corrected chi connectivity index (χ4v) is 5.88. The number of likely N-dealkylation sites (tertiary alicyclic amines) is 1. The molecule has 2 heterocycles. The fraction of sp³-hybridized carbons (Fsp3) is 0.556. The van der Waals surface area contributed by atoms with Gasteiger partial charge in [-0.05, 0) is 55.2 Å². The van der Waals surface area contributed by atoms with Crippen LogP contribution in [0.3, 0.4) is 0 Å². The lowest BCUT2D eigenvalue weighted by Crippen LogP contribution is -2.38. The largest absolute Gasteiger partial charge is 0.411 e. The van der Waals surface area contributed by atoms with Crippen LogP contribution in [0.2, 0.25) is 0 Å². The summed E-state index contributed by atoms with van der Waals surface area (Å²) in [5.41, 5.74) is 9.36. The Morgan fingerprint density at radius 3 is 2.62 bits per heavy atom. The van der Waals surface area contributed by atoms with E-state index in [4.69, 9.17) is 10.5 Å². The van der Waals surface area contributed by atoms with E-state index in [1.165, 1.54) is 5.56 Å². The lowest BCUT2D eigenvalue weighted by atomic mass is 9.92.